The molecule has 0 fully saturated rings. The minimum atomic E-state index is 0.279. The second-order valence-corrected chi connectivity index (χ2v) is 11.2. The molecule has 41 heavy (non-hydrogen) atoms. The summed E-state index contributed by atoms with van der Waals surface area (Å²) >= 11 is 0. The molecule has 0 saturated heterocycles. The van der Waals surface area contributed by atoms with Gasteiger partial charge in [0.05, 0.1) is 11.0 Å². The van der Waals surface area contributed by atoms with Gasteiger partial charge in [-0.1, -0.05) is 94.4 Å². The maximum Gasteiger partial charge on any atom is 0.182 e. The normalized spacial score (nSPS) is 11.9. The van der Waals surface area contributed by atoms with E-state index in [0.29, 0.717) is 11.7 Å². The van der Waals surface area contributed by atoms with Gasteiger partial charge in [0.15, 0.2) is 11.5 Å². The average molecular weight is 534 g/mol. The van der Waals surface area contributed by atoms with Crippen LogP contribution in [0.25, 0.3) is 61.1 Å². The Morgan fingerprint density at radius 1 is 0.561 bits per heavy atom. The van der Waals surface area contributed by atoms with Crippen LogP contribution in [-0.4, -0.2) is 24.6 Å². The maximum atomic E-state index is 5.15. The molecule has 0 aliphatic heterocycles. The summed E-state index contributed by atoms with van der Waals surface area (Å²) in [5.74, 6) is 1.33. The molecule has 0 atom stereocenters. The molecule has 3 aromatic carbocycles. The van der Waals surface area contributed by atoms with Crippen LogP contribution in [0.5, 0.6) is 0 Å². The fourth-order valence-electron chi connectivity index (χ4n) is 5.46. The molecule has 0 unspecified atom stereocenters. The van der Waals surface area contributed by atoms with Crippen molar-refractivity contribution in [1.82, 2.24) is 24.6 Å². The van der Waals surface area contributed by atoms with Crippen LogP contribution in [0, 0.1) is 0 Å². The van der Waals surface area contributed by atoms with Gasteiger partial charge in [-0.2, -0.15) is 0 Å². The summed E-state index contributed by atoms with van der Waals surface area (Å²) in [6.07, 6.45) is 1.96. The van der Waals surface area contributed by atoms with Crippen LogP contribution in [-0.2, 0) is 0 Å². The zero-order valence-electron chi connectivity index (χ0n) is 23.7. The molecule has 5 heteroatoms. The van der Waals surface area contributed by atoms with Crippen molar-refractivity contribution in [2.75, 3.05) is 0 Å². The van der Waals surface area contributed by atoms with Crippen LogP contribution < -0.4 is 0 Å². The van der Waals surface area contributed by atoms with E-state index >= 15 is 0 Å². The zero-order chi connectivity index (χ0) is 28.1. The van der Waals surface area contributed by atoms with Crippen molar-refractivity contribution in [3.8, 4) is 33.6 Å². The highest BCUT2D eigenvalue weighted by molar-refractivity contribution is 6.08. The molecule has 200 valence electrons. The van der Waals surface area contributed by atoms with Crippen LogP contribution in [0.3, 0.4) is 0 Å². The molecule has 7 rings (SSSR count). The Morgan fingerprint density at radius 2 is 1.29 bits per heavy atom. The highest BCUT2D eigenvalue weighted by atomic mass is 15.3. The lowest BCUT2D eigenvalue weighted by atomic mass is 9.95. The lowest BCUT2D eigenvalue weighted by molar-refractivity contribution is 0.826. The van der Waals surface area contributed by atoms with E-state index in [9.17, 15) is 0 Å². The summed E-state index contributed by atoms with van der Waals surface area (Å²) < 4.78 is 1.87. The number of rotatable bonds is 5. The molecule has 0 radical (unpaired) electrons. The van der Waals surface area contributed by atoms with Gasteiger partial charge in [-0.15, -0.1) is 5.10 Å². The van der Waals surface area contributed by atoms with Crippen LogP contribution in [0.4, 0.5) is 0 Å². The first-order valence-corrected chi connectivity index (χ1v) is 14.2. The highest BCUT2D eigenvalue weighted by Gasteiger charge is 2.16. The Balaban J connectivity index is 1.40. The van der Waals surface area contributed by atoms with Gasteiger partial charge in [0.2, 0.25) is 0 Å². The second kappa shape index (κ2) is 9.93. The first kappa shape index (κ1) is 25.1. The lowest BCUT2D eigenvalue weighted by Gasteiger charge is -2.15. The number of hydrogen-bond acceptors (Lipinski definition) is 4. The maximum absolute atomic E-state index is 5.15. The van der Waals surface area contributed by atoms with Gasteiger partial charge >= 0.3 is 0 Å². The van der Waals surface area contributed by atoms with E-state index < -0.39 is 0 Å². The fourth-order valence-corrected chi connectivity index (χ4v) is 5.46. The van der Waals surface area contributed by atoms with Gasteiger partial charge in [-0.3, -0.25) is 9.97 Å². The predicted molar refractivity (Wildman–Crippen MR) is 168 cm³/mol. The number of fused-ring (bicyclic) bond motifs is 4. The van der Waals surface area contributed by atoms with Gasteiger partial charge in [-0.25, -0.2) is 9.50 Å². The smallest absolute Gasteiger partial charge is 0.182 e. The monoisotopic (exact) mass is 533 g/mol. The van der Waals surface area contributed by atoms with E-state index in [1.165, 1.54) is 0 Å². The highest BCUT2D eigenvalue weighted by Crippen LogP contribution is 2.36. The van der Waals surface area contributed by atoms with E-state index in [1.807, 2.05) is 35.0 Å². The molecular formula is C36H31N5. The Kier molecular flexibility index (Phi) is 6.08. The second-order valence-electron chi connectivity index (χ2n) is 11.2. The molecule has 0 spiro atoms. The average Bonchev–Trinajstić information content (AvgIpc) is 3.45. The summed E-state index contributed by atoms with van der Waals surface area (Å²) in [6, 6.07) is 33.8. The van der Waals surface area contributed by atoms with Crippen molar-refractivity contribution in [2.45, 2.75) is 39.5 Å². The van der Waals surface area contributed by atoms with Crippen LogP contribution in [0.1, 0.15) is 50.9 Å². The molecule has 0 saturated carbocycles. The third kappa shape index (κ3) is 4.44. The van der Waals surface area contributed by atoms with Gasteiger partial charge in [0, 0.05) is 39.5 Å². The van der Waals surface area contributed by atoms with Gasteiger partial charge < -0.3 is 0 Å². The summed E-state index contributed by atoms with van der Waals surface area (Å²) in [5, 5.41) is 7.07. The predicted octanol–water partition coefficient (Wildman–Crippen LogP) is 9.07. The van der Waals surface area contributed by atoms with E-state index in [2.05, 4.69) is 100 Å². The van der Waals surface area contributed by atoms with Gasteiger partial charge in [0.25, 0.3) is 0 Å². The molecular weight excluding hydrogens is 502 g/mol. The molecule has 7 aromatic rings. The summed E-state index contributed by atoms with van der Waals surface area (Å²) in [7, 11) is 0. The molecule has 0 bridgehead atoms. The van der Waals surface area contributed by atoms with Crippen LogP contribution in [0.2, 0.25) is 0 Å². The van der Waals surface area contributed by atoms with Crippen molar-refractivity contribution < 1.29 is 0 Å². The minimum Gasteiger partial charge on any atom is -0.250 e. The quantitative estimate of drug-likeness (QED) is 0.207. The van der Waals surface area contributed by atoms with Crippen molar-refractivity contribution in [1.29, 1.82) is 0 Å². The third-order valence-electron chi connectivity index (χ3n) is 7.74. The number of benzene rings is 3. The first-order chi connectivity index (χ1) is 20.0. The zero-order valence-corrected chi connectivity index (χ0v) is 23.7. The Morgan fingerprint density at radius 3 is 2.10 bits per heavy atom. The number of aromatic nitrogens is 5. The topological polar surface area (TPSA) is 56.0 Å². The molecule has 0 N–H and O–H groups in total. The Labute approximate surface area is 239 Å². The van der Waals surface area contributed by atoms with E-state index in [4.69, 9.17) is 20.1 Å². The van der Waals surface area contributed by atoms with E-state index in [1.54, 1.807) is 0 Å². The summed E-state index contributed by atoms with van der Waals surface area (Å²) in [5.41, 5.74) is 10.3. The van der Waals surface area contributed by atoms with Crippen LogP contribution >= 0.6 is 0 Å². The minimum absolute atomic E-state index is 0.279. The van der Waals surface area contributed by atoms with Crippen molar-refractivity contribution in [3.63, 3.8) is 0 Å². The number of nitrogens with zero attached hydrogens (tertiary/aromatic N) is 5. The van der Waals surface area contributed by atoms with Gasteiger partial charge in [0.1, 0.15) is 0 Å². The molecule has 5 nitrogen and oxygen atoms in total. The molecule has 4 heterocycles. The molecule has 4 aromatic heterocycles. The standard InChI is InChI=1S/C36H31N5/c1-22(2)31-18-16-25-15-17-29-30(21-32(23(3)4)38-34(29)33(25)37-31)26-12-8-13-27(20-26)35-39-36-28(14-9-19-41(36)40-35)24-10-6-5-7-11-24/h5-23H,1-4H3. The summed E-state index contributed by atoms with van der Waals surface area (Å²) in [6.45, 7) is 8.74. The Hall–Kier alpha value is -4.90. The van der Waals surface area contributed by atoms with Crippen molar-refractivity contribution in [3.05, 3.63) is 115 Å². The third-order valence-corrected chi connectivity index (χ3v) is 7.74. The van der Waals surface area contributed by atoms with Crippen molar-refractivity contribution in [2.24, 2.45) is 0 Å². The Bertz CT molecular complexity index is 2050. The number of hydrogen-bond donors (Lipinski definition) is 0. The summed E-state index contributed by atoms with van der Waals surface area (Å²) in [4.78, 5) is 15.2. The molecule has 0 aliphatic carbocycles. The van der Waals surface area contributed by atoms with E-state index in [0.717, 1.165) is 66.7 Å². The lowest BCUT2D eigenvalue weighted by Crippen LogP contribution is -1.99. The largest absolute Gasteiger partial charge is 0.250 e. The van der Waals surface area contributed by atoms with Gasteiger partial charge in [-0.05, 0) is 58.9 Å². The first-order valence-electron chi connectivity index (χ1n) is 14.2. The van der Waals surface area contributed by atoms with E-state index in [-0.39, 0.29) is 5.92 Å². The molecule has 0 aliphatic rings. The SMILES string of the molecule is CC(C)c1ccc2ccc3c(-c4cccc(-c5nc6c(-c7ccccc7)cccn6n5)c4)cc(C(C)C)nc3c2n1. The number of pyridine rings is 3. The van der Waals surface area contributed by atoms with Crippen LogP contribution in [0.15, 0.2) is 103 Å². The molecule has 0 amide bonds. The fraction of sp³-hybridized carbons (Fsp3) is 0.167. The van der Waals surface area contributed by atoms with Crippen molar-refractivity contribution >= 4 is 27.5 Å².